The van der Waals surface area contributed by atoms with Gasteiger partial charge in [-0.05, 0) is 38.2 Å². The summed E-state index contributed by atoms with van der Waals surface area (Å²) in [5.41, 5.74) is 0. The highest BCUT2D eigenvalue weighted by molar-refractivity contribution is 5.80. The molecule has 1 amide bonds. The normalized spacial score (nSPS) is 22.8. The number of rotatable bonds is 5. The van der Waals surface area contributed by atoms with Crippen LogP contribution in [-0.2, 0) is 9.53 Å². The predicted octanol–water partition coefficient (Wildman–Crippen LogP) is 1.59. The van der Waals surface area contributed by atoms with Crippen LogP contribution in [-0.4, -0.2) is 59.0 Å². The van der Waals surface area contributed by atoms with Crippen LogP contribution in [0.3, 0.4) is 0 Å². The second-order valence-corrected chi connectivity index (χ2v) is 6.57. The molecule has 2 fully saturated rings. The predicted molar refractivity (Wildman–Crippen MR) is 88.1 cm³/mol. The van der Waals surface area contributed by atoms with E-state index in [-0.39, 0.29) is 11.9 Å². The fraction of sp³-hybridized carbons (Fsp3) is 0.765. The number of piperidine rings is 1. The fourth-order valence-electron chi connectivity index (χ4n) is 3.71. The zero-order valence-corrected chi connectivity index (χ0v) is 14.0. The Morgan fingerprint density at radius 1 is 1.30 bits per heavy atom. The van der Waals surface area contributed by atoms with Crippen LogP contribution in [0.5, 0.6) is 0 Å². The average molecular weight is 320 g/mol. The Balaban J connectivity index is 1.47. The van der Waals surface area contributed by atoms with Crippen LogP contribution in [0.15, 0.2) is 18.5 Å². The lowest BCUT2D eigenvalue weighted by molar-refractivity contribution is -0.125. The Kier molecular flexibility index (Phi) is 5.67. The number of carbonyl (C=O) groups excluding carboxylic acids is 1. The Morgan fingerprint density at radius 3 is 2.65 bits per heavy atom. The summed E-state index contributed by atoms with van der Waals surface area (Å²) >= 11 is 0. The minimum absolute atomic E-state index is 0.0979. The number of amides is 1. The number of carbonyl (C=O) groups is 1. The van der Waals surface area contributed by atoms with Crippen molar-refractivity contribution in [3.63, 3.8) is 0 Å². The van der Waals surface area contributed by atoms with E-state index in [1.165, 1.54) is 0 Å². The number of aromatic nitrogens is 2. The molecule has 6 heteroatoms. The van der Waals surface area contributed by atoms with Crippen molar-refractivity contribution in [3.05, 3.63) is 18.5 Å². The minimum atomic E-state index is -0.196. The number of ether oxygens (including phenoxy) is 1. The summed E-state index contributed by atoms with van der Waals surface area (Å²) in [6.07, 6.45) is 8.72. The molecule has 0 bridgehead atoms. The molecule has 6 nitrogen and oxygen atoms in total. The van der Waals surface area contributed by atoms with Gasteiger partial charge in [0.1, 0.15) is 6.04 Å². The lowest BCUT2D eigenvalue weighted by Crippen LogP contribution is -2.50. The third-order valence-corrected chi connectivity index (χ3v) is 5.12. The molecule has 1 aromatic heterocycles. The monoisotopic (exact) mass is 320 g/mol. The molecule has 1 atom stereocenters. The maximum absolute atomic E-state index is 12.5. The summed E-state index contributed by atoms with van der Waals surface area (Å²) in [5, 5.41) is 7.44. The van der Waals surface area contributed by atoms with Gasteiger partial charge in [-0.25, -0.2) is 0 Å². The van der Waals surface area contributed by atoms with Crippen LogP contribution >= 0.6 is 0 Å². The van der Waals surface area contributed by atoms with Gasteiger partial charge in [-0.2, -0.15) is 5.10 Å². The molecule has 0 aromatic carbocycles. The molecule has 1 N–H and O–H groups in total. The summed E-state index contributed by atoms with van der Waals surface area (Å²) in [4.78, 5) is 15.1. The zero-order chi connectivity index (χ0) is 16.1. The Labute approximate surface area is 138 Å². The second-order valence-electron chi connectivity index (χ2n) is 6.57. The molecule has 2 saturated heterocycles. The molecule has 2 aliphatic heterocycles. The first-order valence-corrected chi connectivity index (χ1v) is 8.89. The highest BCUT2D eigenvalue weighted by Crippen LogP contribution is 2.20. The van der Waals surface area contributed by atoms with Gasteiger partial charge in [0.2, 0.25) is 5.91 Å². The lowest BCUT2D eigenvalue weighted by atomic mass is 9.99. The van der Waals surface area contributed by atoms with Crippen LogP contribution in [0.2, 0.25) is 0 Å². The van der Waals surface area contributed by atoms with Crippen molar-refractivity contribution < 1.29 is 9.53 Å². The Morgan fingerprint density at radius 2 is 2.04 bits per heavy atom. The van der Waals surface area contributed by atoms with Gasteiger partial charge in [0, 0.05) is 50.8 Å². The van der Waals surface area contributed by atoms with E-state index < -0.39 is 0 Å². The van der Waals surface area contributed by atoms with Gasteiger partial charge in [-0.15, -0.1) is 0 Å². The summed E-state index contributed by atoms with van der Waals surface area (Å²) in [7, 11) is 0. The summed E-state index contributed by atoms with van der Waals surface area (Å²) < 4.78 is 7.20. The molecule has 2 aliphatic rings. The Hall–Kier alpha value is -1.40. The number of hydrogen-bond acceptors (Lipinski definition) is 4. The van der Waals surface area contributed by atoms with Gasteiger partial charge < -0.3 is 15.0 Å². The maximum atomic E-state index is 12.5. The van der Waals surface area contributed by atoms with Crippen molar-refractivity contribution in [1.82, 2.24) is 20.0 Å². The van der Waals surface area contributed by atoms with Gasteiger partial charge >= 0.3 is 0 Å². The number of hydrogen-bond donors (Lipinski definition) is 1. The number of nitrogens with one attached hydrogen (secondary N) is 1. The van der Waals surface area contributed by atoms with Crippen molar-refractivity contribution in [2.24, 2.45) is 0 Å². The fourth-order valence-corrected chi connectivity index (χ4v) is 3.71. The van der Waals surface area contributed by atoms with Gasteiger partial charge in [0.05, 0.1) is 0 Å². The topological polar surface area (TPSA) is 59.4 Å². The molecular formula is C17H28N4O2. The number of nitrogens with zero attached hydrogens (tertiary/aromatic N) is 3. The highest BCUT2D eigenvalue weighted by atomic mass is 16.5. The van der Waals surface area contributed by atoms with Gasteiger partial charge in [-0.1, -0.05) is 6.92 Å². The molecule has 3 rings (SSSR count). The lowest BCUT2D eigenvalue weighted by Gasteiger charge is -2.39. The summed E-state index contributed by atoms with van der Waals surface area (Å²) in [6.45, 7) is 5.97. The molecule has 0 aliphatic carbocycles. The molecule has 0 saturated carbocycles. The van der Waals surface area contributed by atoms with E-state index >= 15 is 0 Å². The molecule has 0 radical (unpaired) electrons. The third-order valence-electron chi connectivity index (χ3n) is 5.12. The Bertz CT molecular complexity index is 477. The maximum Gasteiger partial charge on any atom is 0.245 e. The van der Waals surface area contributed by atoms with E-state index in [0.717, 1.165) is 58.4 Å². The first-order chi connectivity index (χ1) is 11.3. The second kappa shape index (κ2) is 7.93. The number of likely N-dealkylation sites (tertiary alicyclic amines) is 1. The van der Waals surface area contributed by atoms with Gasteiger partial charge in [-0.3, -0.25) is 9.48 Å². The van der Waals surface area contributed by atoms with Crippen LogP contribution in [0.4, 0.5) is 0 Å². The SMILES string of the molecule is CC[C@@H](C(=O)NC1CCN(C2CCOCC2)CC1)n1cccn1. The average Bonchev–Trinajstić information content (AvgIpc) is 3.11. The van der Waals surface area contributed by atoms with Crippen LogP contribution in [0, 0.1) is 0 Å². The van der Waals surface area contributed by atoms with Gasteiger partial charge in [0.15, 0.2) is 0 Å². The van der Waals surface area contributed by atoms with E-state index in [9.17, 15) is 4.79 Å². The van der Waals surface area contributed by atoms with Crippen LogP contribution in [0.1, 0.15) is 45.1 Å². The highest BCUT2D eigenvalue weighted by Gasteiger charge is 2.28. The first-order valence-electron chi connectivity index (χ1n) is 8.89. The van der Waals surface area contributed by atoms with E-state index in [4.69, 9.17) is 4.74 Å². The molecule has 0 unspecified atom stereocenters. The summed E-state index contributed by atoms with van der Waals surface area (Å²) in [5.74, 6) is 0.0979. The minimum Gasteiger partial charge on any atom is -0.381 e. The molecule has 3 heterocycles. The first kappa shape index (κ1) is 16.5. The van der Waals surface area contributed by atoms with Crippen LogP contribution < -0.4 is 5.32 Å². The smallest absolute Gasteiger partial charge is 0.245 e. The van der Waals surface area contributed by atoms with Gasteiger partial charge in [0.25, 0.3) is 0 Å². The standard InChI is InChI=1S/C17H28N4O2/c1-2-16(21-9-3-8-18-21)17(22)19-14-4-10-20(11-5-14)15-6-12-23-13-7-15/h3,8-9,14-16H,2,4-7,10-13H2,1H3,(H,19,22)/t16-/m0/s1. The van der Waals surface area contributed by atoms with Crippen LogP contribution in [0.25, 0.3) is 0 Å². The van der Waals surface area contributed by atoms with Crippen molar-refractivity contribution in [2.75, 3.05) is 26.3 Å². The van der Waals surface area contributed by atoms with E-state index in [0.29, 0.717) is 12.1 Å². The van der Waals surface area contributed by atoms with Crippen molar-refractivity contribution >= 4 is 5.91 Å². The quantitative estimate of drug-likeness (QED) is 0.895. The molecule has 128 valence electrons. The molecular weight excluding hydrogens is 292 g/mol. The summed E-state index contributed by atoms with van der Waals surface area (Å²) in [6, 6.07) is 2.64. The van der Waals surface area contributed by atoms with Crippen molar-refractivity contribution in [2.45, 2.75) is 57.2 Å². The van der Waals surface area contributed by atoms with E-state index in [1.807, 2.05) is 19.2 Å². The zero-order valence-electron chi connectivity index (χ0n) is 14.0. The molecule has 1 aromatic rings. The van der Waals surface area contributed by atoms with Crippen molar-refractivity contribution in [1.29, 1.82) is 0 Å². The van der Waals surface area contributed by atoms with E-state index in [2.05, 4.69) is 15.3 Å². The molecule has 23 heavy (non-hydrogen) atoms. The van der Waals surface area contributed by atoms with E-state index in [1.54, 1.807) is 10.9 Å². The third kappa shape index (κ3) is 4.12. The van der Waals surface area contributed by atoms with Crippen molar-refractivity contribution in [3.8, 4) is 0 Å². The largest absolute Gasteiger partial charge is 0.381 e. The molecule has 0 spiro atoms.